The molecule has 0 aliphatic carbocycles. The van der Waals surface area contributed by atoms with Crippen LogP contribution >= 0.6 is 0 Å². The fourth-order valence-corrected chi connectivity index (χ4v) is 1.90. The minimum absolute atomic E-state index is 0.0869. The monoisotopic (exact) mass is 258 g/mol. The first-order valence-corrected chi connectivity index (χ1v) is 6.41. The molecule has 0 bridgehead atoms. The lowest BCUT2D eigenvalue weighted by Gasteiger charge is -2.21. The van der Waals surface area contributed by atoms with E-state index in [0.717, 1.165) is 12.0 Å². The number of amides is 1. The third kappa shape index (κ3) is 3.40. The van der Waals surface area contributed by atoms with E-state index in [1.165, 1.54) is 11.8 Å². The molecule has 0 aliphatic rings. The fourth-order valence-electron chi connectivity index (χ4n) is 1.90. The van der Waals surface area contributed by atoms with Crippen molar-refractivity contribution in [3.05, 3.63) is 47.3 Å². The summed E-state index contributed by atoms with van der Waals surface area (Å²) in [5, 5.41) is 10.00. The maximum atomic E-state index is 12.3. The molecular formula is C14H18N4O. The van der Waals surface area contributed by atoms with Crippen LogP contribution < -0.4 is 0 Å². The second kappa shape index (κ2) is 6.13. The van der Waals surface area contributed by atoms with E-state index in [-0.39, 0.29) is 5.91 Å². The Labute approximate surface area is 112 Å². The molecule has 1 N–H and O–H groups in total. The Kier molecular flexibility index (Phi) is 4.28. The van der Waals surface area contributed by atoms with Crippen LogP contribution in [0.3, 0.4) is 0 Å². The molecule has 0 spiro atoms. The van der Waals surface area contributed by atoms with Crippen LogP contribution in [0.2, 0.25) is 0 Å². The summed E-state index contributed by atoms with van der Waals surface area (Å²) in [6.07, 6.45) is 2.37. The largest absolute Gasteiger partial charge is 0.333 e. The van der Waals surface area contributed by atoms with Crippen molar-refractivity contribution in [2.45, 2.75) is 26.8 Å². The standard InChI is InChI=1S/C14H18N4O/c1-3-8-18(14(19)13-9-15-17-16-13)10-12-6-4-11(2)5-7-12/h4-7,9H,3,8,10H2,1-2H3,(H,15,16,17). The highest BCUT2D eigenvalue weighted by atomic mass is 16.2. The van der Waals surface area contributed by atoms with Gasteiger partial charge in [-0.2, -0.15) is 15.4 Å². The van der Waals surface area contributed by atoms with E-state index in [4.69, 9.17) is 0 Å². The van der Waals surface area contributed by atoms with E-state index < -0.39 is 0 Å². The summed E-state index contributed by atoms with van der Waals surface area (Å²) in [6, 6.07) is 8.21. The molecule has 0 saturated carbocycles. The molecule has 5 nitrogen and oxygen atoms in total. The molecule has 1 aromatic heterocycles. The van der Waals surface area contributed by atoms with E-state index in [0.29, 0.717) is 18.8 Å². The average molecular weight is 258 g/mol. The number of rotatable bonds is 5. The van der Waals surface area contributed by atoms with Gasteiger partial charge in [0.2, 0.25) is 0 Å². The molecule has 0 unspecified atom stereocenters. The molecule has 0 aliphatic heterocycles. The summed E-state index contributed by atoms with van der Waals surface area (Å²) in [4.78, 5) is 14.1. The third-order valence-electron chi connectivity index (χ3n) is 2.91. The summed E-state index contributed by atoms with van der Waals surface area (Å²) in [7, 11) is 0. The van der Waals surface area contributed by atoms with Gasteiger partial charge in [0.15, 0.2) is 5.69 Å². The van der Waals surface area contributed by atoms with Crippen molar-refractivity contribution < 1.29 is 4.79 Å². The predicted molar refractivity (Wildman–Crippen MR) is 72.6 cm³/mol. The zero-order valence-electron chi connectivity index (χ0n) is 11.3. The highest BCUT2D eigenvalue weighted by Crippen LogP contribution is 2.10. The van der Waals surface area contributed by atoms with Gasteiger partial charge in [0.25, 0.3) is 5.91 Å². The zero-order valence-corrected chi connectivity index (χ0v) is 11.3. The van der Waals surface area contributed by atoms with Crippen LogP contribution in [0.1, 0.15) is 35.0 Å². The zero-order chi connectivity index (χ0) is 13.7. The first-order chi connectivity index (χ1) is 9.20. The number of aromatic amines is 1. The van der Waals surface area contributed by atoms with E-state index in [1.54, 1.807) is 4.90 Å². The van der Waals surface area contributed by atoms with Crippen LogP contribution in [-0.4, -0.2) is 32.8 Å². The molecule has 0 saturated heterocycles. The highest BCUT2D eigenvalue weighted by Gasteiger charge is 2.17. The van der Waals surface area contributed by atoms with Crippen molar-refractivity contribution in [1.29, 1.82) is 0 Å². The molecule has 1 aromatic carbocycles. The summed E-state index contributed by atoms with van der Waals surface area (Å²) >= 11 is 0. The van der Waals surface area contributed by atoms with Gasteiger partial charge in [-0.15, -0.1) is 0 Å². The van der Waals surface area contributed by atoms with Gasteiger partial charge in [0.1, 0.15) is 0 Å². The van der Waals surface area contributed by atoms with E-state index in [9.17, 15) is 4.79 Å². The lowest BCUT2D eigenvalue weighted by Crippen LogP contribution is -2.31. The number of benzene rings is 1. The van der Waals surface area contributed by atoms with E-state index in [1.807, 2.05) is 19.1 Å². The topological polar surface area (TPSA) is 61.9 Å². The molecule has 2 rings (SSSR count). The van der Waals surface area contributed by atoms with Gasteiger partial charge in [0, 0.05) is 13.1 Å². The van der Waals surface area contributed by atoms with Crippen LogP contribution in [0.15, 0.2) is 30.5 Å². The Hall–Kier alpha value is -2.17. The molecule has 0 radical (unpaired) electrons. The average Bonchev–Trinajstić information content (AvgIpc) is 2.94. The Morgan fingerprint density at radius 2 is 2.05 bits per heavy atom. The number of aryl methyl sites for hydroxylation is 1. The maximum Gasteiger partial charge on any atom is 0.276 e. The van der Waals surface area contributed by atoms with Gasteiger partial charge in [-0.3, -0.25) is 4.79 Å². The molecule has 0 fully saturated rings. The van der Waals surface area contributed by atoms with Crippen LogP contribution in [0.25, 0.3) is 0 Å². The third-order valence-corrected chi connectivity index (χ3v) is 2.91. The number of carbonyl (C=O) groups is 1. The molecule has 19 heavy (non-hydrogen) atoms. The highest BCUT2D eigenvalue weighted by molar-refractivity contribution is 5.91. The lowest BCUT2D eigenvalue weighted by molar-refractivity contribution is 0.0737. The van der Waals surface area contributed by atoms with Gasteiger partial charge < -0.3 is 4.90 Å². The summed E-state index contributed by atoms with van der Waals surface area (Å²) in [5.74, 6) is -0.0869. The Balaban J connectivity index is 2.11. The first-order valence-electron chi connectivity index (χ1n) is 6.41. The van der Waals surface area contributed by atoms with Crippen molar-refractivity contribution in [3.8, 4) is 0 Å². The second-order valence-electron chi connectivity index (χ2n) is 4.57. The van der Waals surface area contributed by atoms with Gasteiger partial charge in [-0.05, 0) is 18.9 Å². The van der Waals surface area contributed by atoms with Crippen molar-refractivity contribution in [1.82, 2.24) is 20.3 Å². The Bertz CT molecular complexity index is 519. The van der Waals surface area contributed by atoms with Crippen LogP contribution in [-0.2, 0) is 6.54 Å². The van der Waals surface area contributed by atoms with Gasteiger partial charge in [-0.25, -0.2) is 0 Å². The van der Waals surface area contributed by atoms with Crippen molar-refractivity contribution >= 4 is 5.91 Å². The Morgan fingerprint density at radius 1 is 1.32 bits per heavy atom. The van der Waals surface area contributed by atoms with Crippen LogP contribution in [0, 0.1) is 6.92 Å². The fraction of sp³-hybridized carbons (Fsp3) is 0.357. The minimum atomic E-state index is -0.0869. The molecular weight excluding hydrogens is 240 g/mol. The minimum Gasteiger partial charge on any atom is -0.333 e. The number of nitrogens with one attached hydrogen (secondary N) is 1. The number of carbonyl (C=O) groups excluding carboxylic acids is 1. The SMILES string of the molecule is CCCN(Cc1ccc(C)cc1)C(=O)c1cn[nH]n1. The summed E-state index contributed by atoms with van der Waals surface area (Å²) in [5.41, 5.74) is 2.70. The summed E-state index contributed by atoms with van der Waals surface area (Å²) in [6.45, 7) is 5.41. The summed E-state index contributed by atoms with van der Waals surface area (Å²) < 4.78 is 0. The smallest absolute Gasteiger partial charge is 0.276 e. The quantitative estimate of drug-likeness (QED) is 0.894. The second-order valence-corrected chi connectivity index (χ2v) is 4.57. The lowest BCUT2D eigenvalue weighted by atomic mass is 10.1. The van der Waals surface area contributed by atoms with Crippen molar-refractivity contribution in [2.24, 2.45) is 0 Å². The van der Waals surface area contributed by atoms with E-state index in [2.05, 4.69) is 34.5 Å². The number of aromatic nitrogens is 3. The van der Waals surface area contributed by atoms with Crippen LogP contribution in [0.5, 0.6) is 0 Å². The molecule has 0 atom stereocenters. The van der Waals surface area contributed by atoms with Gasteiger partial charge in [-0.1, -0.05) is 36.8 Å². The molecule has 2 aromatic rings. The van der Waals surface area contributed by atoms with E-state index >= 15 is 0 Å². The first kappa shape index (κ1) is 13.3. The van der Waals surface area contributed by atoms with Crippen LogP contribution in [0.4, 0.5) is 0 Å². The van der Waals surface area contributed by atoms with Crippen molar-refractivity contribution in [3.63, 3.8) is 0 Å². The number of hydrogen-bond donors (Lipinski definition) is 1. The van der Waals surface area contributed by atoms with Gasteiger partial charge >= 0.3 is 0 Å². The Morgan fingerprint density at radius 3 is 2.63 bits per heavy atom. The molecule has 5 heteroatoms. The van der Waals surface area contributed by atoms with Gasteiger partial charge in [0.05, 0.1) is 6.20 Å². The predicted octanol–water partition coefficient (Wildman–Crippen LogP) is 2.17. The normalized spacial score (nSPS) is 10.4. The number of nitrogens with zero attached hydrogens (tertiary/aromatic N) is 3. The van der Waals surface area contributed by atoms with Crippen molar-refractivity contribution in [2.75, 3.05) is 6.54 Å². The molecule has 1 heterocycles. The molecule has 1 amide bonds. The number of H-pyrrole nitrogens is 1. The maximum absolute atomic E-state index is 12.3. The molecule has 100 valence electrons. The number of hydrogen-bond acceptors (Lipinski definition) is 3.